The molecule has 3 aromatic rings. The van der Waals surface area contributed by atoms with E-state index in [1.807, 2.05) is 0 Å². The molecule has 1 aliphatic rings. The van der Waals surface area contributed by atoms with Gasteiger partial charge in [-0.1, -0.05) is 42.3 Å². The van der Waals surface area contributed by atoms with Crippen molar-refractivity contribution in [3.8, 4) is 0 Å². The highest BCUT2D eigenvalue weighted by Gasteiger charge is 2.13. The van der Waals surface area contributed by atoms with E-state index in [0.29, 0.717) is 0 Å². The summed E-state index contributed by atoms with van der Waals surface area (Å²) in [6, 6.07) is 15.6. The SMILES string of the molecule is Cc1ccc(CCc2nc3cc(C)ccc3n2CCCN2CCCCC2)cc1. The second-order valence-corrected chi connectivity index (χ2v) is 8.41. The number of nitrogens with zero attached hydrogens (tertiary/aromatic N) is 3. The molecule has 1 aliphatic heterocycles. The summed E-state index contributed by atoms with van der Waals surface area (Å²) in [5.74, 6) is 1.24. The molecule has 148 valence electrons. The standard InChI is InChI=1S/C25H33N3/c1-20-7-10-22(11-8-20)12-14-25-26-23-19-21(2)9-13-24(23)28(25)18-6-17-27-15-4-3-5-16-27/h7-11,13,19H,3-6,12,14-18H2,1-2H3. The van der Waals surface area contributed by atoms with Gasteiger partial charge >= 0.3 is 0 Å². The van der Waals surface area contributed by atoms with Gasteiger partial charge in [0.05, 0.1) is 11.0 Å². The van der Waals surface area contributed by atoms with Crippen LogP contribution in [-0.2, 0) is 19.4 Å². The van der Waals surface area contributed by atoms with Gasteiger partial charge in [0, 0.05) is 13.0 Å². The number of aryl methyl sites for hydroxylation is 5. The average Bonchev–Trinajstić information content (AvgIpc) is 3.05. The van der Waals surface area contributed by atoms with E-state index < -0.39 is 0 Å². The number of fused-ring (bicyclic) bond motifs is 1. The van der Waals surface area contributed by atoms with E-state index in [0.717, 1.165) is 24.9 Å². The maximum atomic E-state index is 5.02. The van der Waals surface area contributed by atoms with Crippen LogP contribution in [0.25, 0.3) is 11.0 Å². The van der Waals surface area contributed by atoms with Crippen LogP contribution in [0.4, 0.5) is 0 Å². The van der Waals surface area contributed by atoms with Crippen molar-refractivity contribution in [2.45, 2.75) is 58.9 Å². The van der Waals surface area contributed by atoms with Gasteiger partial charge in [0.1, 0.15) is 5.82 Å². The molecule has 0 unspecified atom stereocenters. The molecule has 28 heavy (non-hydrogen) atoms. The second-order valence-electron chi connectivity index (χ2n) is 8.41. The fraction of sp³-hybridized carbons (Fsp3) is 0.480. The van der Waals surface area contributed by atoms with Crippen LogP contribution in [0, 0.1) is 13.8 Å². The first-order valence-electron chi connectivity index (χ1n) is 10.9. The van der Waals surface area contributed by atoms with Gasteiger partial charge in [-0.05, 0) is 82.4 Å². The summed E-state index contributed by atoms with van der Waals surface area (Å²) in [5, 5.41) is 0. The molecule has 0 atom stereocenters. The Kier molecular flexibility index (Phi) is 6.11. The van der Waals surface area contributed by atoms with Crippen molar-refractivity contribution in [1.29, 1.82) is 0 Å². The minimum absolute atomic E-state index is 1.00. The second kappa shape index (κ2) is 8.91. The number of likely N-dealkylation sites (tertiary alicyclic amines) is 1. The molecule has 4 rings (SSSR count). The van der Waals surface area contributed by atoms with Crippen molar-refractivity contribution in [3.63, 3.8) is 0 Å². The zero-order valence-corrected chi connectivity index (χ0v) is 17.5. The molecule has 0 aliphatic carbocycles. The zero-order chi connectivity index (χ0) is 19.3. The van der Waals surface area contributed by atoms with E-state index in [-0.39, 0.29) is 0 Å². The van der Waals surface area contributed by atoms with Gasteiger partial charge in [-0.3, -0.25) is 0 Å². The molecule has 2 aromatic carbocycles. The van der Waals surface area contributed by atoms with Crippen molar-refractivity contribution < 1.29 is 0 Å². The molecule has 0 bridgehead atoms. The molecule has 0 N–H and O–H groups in total. The molecule has 3 nitrogen and oxygen atoms in total. The van der Waals surface area contributed by atoms with E-state index >= 15 is 0 Å². The molecule has 1 aromatic heterocycles. The molecule has 1 saturated heterocycles. The van der Waals surface area contributed by atoms with Crippen LogP contribution in [0.15, 0.2) is 42.5 Å². The Bertz CT molecular complexity index is 901. The Balaban J connectivity index is 1.48. The van der Waals surface area contributed by atoms with Crippen LogP contribution in [0.3, 0.4) is 0 Å². The molecular formula is C25H33N3. The van der Waals surface area contributed by atoms with Crippen LogP contribution in [0.5, 0.6) is 0 Å². The molecule has 1 fully saturated rings. The maximum Gasteiger partial charge on any atom is 0.110 e. The first kappa shape index (κ1) is 19.2. The van der Waals surface area contributed by atoms with E-state index in [1.54, 1.807) is 0 Å². The van der Waals surface area contributed by atoms with Crippen molar-refractivity contribution in [3.05, 3.63) is 65.0 Å². The van der Waals surface area contributed by atoms with Crippen molar-refractivity contribution in [1.82, 2.24) is 14.5 Å². The topological polar surface area (TPSA) is 21.1 Å². The third-order valence-corrected chi connectivity index (χ3v) is 6.05. The summed E-state index contributed by atoms with van der Waals surface area (Å²) >= 11 is 0. The van der Waals surface area contributed by atoms with Crippen LogP contribution >= 0.6 is 0 Å². The summed E-state index contributed by atoms with van der Waals surface area (Å²) in [6.07, 6.45) is 7.40. The van der Waals surface area contributed by atoms with Crippen molar-refractivity contribution in [2.24, 2.45) is 0 Å². The summed E-state index contributed by atoms with van der Waals surface area (Å²) < 4.78 is 2.48. The number of hydrogen-bond acceptors (Lipinski definition) is 2. The van der Waals surface area contributed by atoms with E-state index in [1.165, 1.54) is 73.3 Å². The number of imidazole rings is 1. The Morgan fingerprint density at radius 3 is 2.36 bits per heavy atom. The van der Waals surface area contributed by atoms with Gasteiger partial charge in [0.2, 0.25) is 0 Å². The third-order valence-electron chi connectivity index (χ3n) is 6.05. The largest absolute Gasteiger partial charge is 0.328 e. The van der Waals surface area contributed by atoms with E-state index in [2.05, 4.69) is 65.8 Å². The molecule has 2 heterocycles. The van der Waals surface area contributed by atoms with Crippen LogP contribution in [0.1, 0.15) is 48.2 Å². The lowest BCUT2D eigenvalue weighted by Crippen LogP contribution is -2.31. The fourth-order valence-corrected chi connectivity index (χ4v) is 4.38. The molecule has 0 amide bonds. The van der Waals surface area contributed by atoms with Gasteiger partial charge < -0.3 is 9.47 Å². The lowest BCUT2D eigenvalue weighted by Gasteiger charge is -2.26. The Morgan fingerprint density at radius 1 is 0.821 bits per heavy atom. The molecule has 3 heteroatoms. The quantitative estimate of drug-likeness (QED) is 0.558. The van der Waals surface area contributed by atoms with Crippen molar-refractivity contribution >= 4 is 11.0 Å². The normalized spacial score (nSPS) is 15.4. The monoisotopic (exact) mass is 375 g/mol. The van der Waals surface area contributed by atoms with Gasteiger partial charge in [0.15, 0.2) is 0 Å². The number of aromatic nitrogens is 2. The zero-order valence-electron chi connectivity index (χ0n) is 17.5. The fourth-order valence-electron chi connectivity index (χ4n) is 4.38. The van der Waals surface area contributed by atoms with Crippen LogP contribution in [-0.4, -0.2) is 34.1 Å². The first-order valence-corrected chi connectivity index (χ1v) is 10.9. The Morgan fingerprint density at radius 2 is 1.57 bits per heavy atom. The third kappa shape index (κ3) is 4.64. The first-order chi connectivity index (χ1) is 13.7. The summed E-state index contributed by atoms with van der Waals surface area (Å²) in [5.41, 5.74) is 6.45. The van der Waals surface area contributed by atoms with Gasteiger partial charge in [-0.15, -0.1) is 0 Å². The predicted octanol–water partition coefficient (Wildman–Crippen LogP) is 5.31. The molecule has 0 radical (unpaired) electrons. The van der Waals surface area contributed by atoms with Gasteiger partial charge in [-0.25, -0.2) is 4.98 Å². The van der Waals surface area contributed by atoms with E-state index in [4.69, 9.17) is 4.98 Å². The lowest BCUT2D eigenvalue weighted by molar-refractivity contribution is 0.223. The molecule has 0 spiro atoms. The molecular weight excluding hydrogens is 342 g/mol. The average molecular weight is 376 g/mol. The van der Waals surface area contributed by atoms with Gasteiger partial charge in [-0.2, -0.15) is 0 Å². The smallest absolute Gasteiger partial charge is 0.110 e. The summed E-state index contributed by atoms with van der Waals surface area (Å²) in [7, 11) is 0. The molecule has 0 saturated carbocycles. The Hall–Kier alpha value is -2.13. The highest BCUT2D eigenvalue weighted by molar-refractivity contribution is 5.76. The number of piperidine rings is 1. The highest BCUT2D eigenvalue weighted by atomic mass is 15.1. The minimum Gasteiger partial charge on any atom is -0.328 e. The number of hydrogen-bond donors (Lipinski definition) is 0. The minimum atomic E-state index is 1.00. The maximum absolute atomic E-state index is 5.02. The number of rotatable bonds is 7. The van der Waals surface area contributed by atoms with Crippen LogP contribution < -0.4 is 0 Å². The highest BCUT2D eigenvalue weighted by Crippen LogP contribution is 2.20. The summed E-state index contributed by atoms with van der Waals surface area (Å²) in [6.45, 7) is 9.14. The van der Waals surface area contributed by atoms with Crippen molar-refractivity contribution in [2.75, 3.05) is 19.6 Å². The van der Waals surface area contributed by atoms with Gasteiger partial charge in [0.25, 0.3) is 0 Å². The predicted molar refractivity (Wildman–Crippen MR) is 118 cm³/mol. The lowest BCUT2D eigenvalue weighted by atomic mass is 10.1. The van der Waals surface area contributed by atoms with E-state index in [9.17, 15) is 0 Å². The number of benzene rings is 2. The Labute approximate surface area is 169 Å². The van der Waals surface area contributed by atoms with Crippen LogP contribution in [0.2, 0.25) is 0 Å². The summed E-state index contributed by atoms with van der Waals surface area (Å²) in [4.78, 5) is 7.66.